The molecule has 126 valence electrons. The summed E-state index contributed by atoms with van der Waals surface area (Å²) < 4.78 is 4.60. The zero-order valence-corrected chi connectivity index (χ0v) is 13.6. The summed E-state index contributed by atoms with van der Waals surface area (Å²) in [6.07, 6.45) is 7.66. The van der Waals surface area contributed by atoms with Crippen molar-refractivity contribution < 1.29 is 14.2 Å². The quantitative estimate of drug-likeness (QED) is 0.846. The minimum Gasteiger partial charge on any atom is -0.351 e. The maximum atomic E-state index is 12.3. The maximum absolute atomic E-state index is 12.3. The van der Waals surface area contributed by atoms with E-state index in [0.717, 1.165) is 12.8 Å². The third-order valence-corrected chi connectivity index (χ3v) is 4.86. The van der Waals surface area contributed by atoms with Crippen LogP contribution in [0.5, 0.6) is 0 Å². The molecule has 0 spiro atoms. The first kappa shape index (κ1) is 16.0. The highest BCUT2D eigenvalue weighted by Gasteiger charge is 2.35. The van der Waals surface area contributed by atoms with E-state index in [1.165, 1.54) is 25.7 Å². The molecule has 2 fully saturated rings. The van der Waals surface area contributed by atoms with Gasteiger partial charge in [0.2, 0.25) is 11.8 Å². The Kier molecular flexibility index (Phi) is 4.93. The highest BCUT2D eigenvalue weighted by atomic mass is 16.6. The molecule has 3 rings (SSSR count). The Bertz CT molecular complexity index is 563. The number of carbonyl (C=O) groups excluding carboxylic acids is 2. The van der Waals surface area contributed by atoms with E-state index in [-0.39, 0.29) is 24.3 Å². The Hall–Kier alpha value is -1.92. The number of amides is 2. The number of nitrogens with zero attached hydrogens (tertiary/aromatic N) is 3. The zero-order chi connectivity index (χ0) is 16.2. The maximum Gasteiger partial charge on any atom is 0.226 e. The molecule has 0 bridgehead atoms. The van der Waals surface area contributed by atoms with Crippen LogP contribution in [0.1, 0.15) is 56.3 Å². The fourth-order valence-electron chi connectivity index (χ4n) is 3.59. The lowest BCUT2D eigenvalue weighted by Crippen LogP contribution is -2.41. The van der Waals surface area contributed by atoms with Gasteiger partial charge in [0.05, 0.1) is 12.5 Å². The molecular weight excluding hydrogens is 296 g/mol. The van der Waals surface area contributed by atoms with E-state index >= 15 is 0 Å². The SMILES string of the molecule is Cc1nonc1CC(=O)N[C@H]1CC(=O)N(C2CCCCCC2)C1. The molecule has 7 heteroatoms. The van der Waals surface area contributed by atoms with E-state index in [2.05, 4.69) is 20.3 Å². The molecule has 23 heavy (non-hydrogen) atoms. The van der Waals surface area contributed by atoms with Crippen LogP contribution in [0.3, 0.4) is 0 Å². The minimum absolute atomic E-state index is 0.0987. The Balaban J connectivity index is 1.52. The van der Waals surface area contributed by atoms with Gasteiger partial charge in [-0.3, -0.25) is 9.59 Å². The third-order valence-electron chi connectivity index (χ3n) is 4.86. The van der Waals surface area contributed by atoms with Crippen molar-refractivity contribution >= 4 is 11.8 Å². The van der Waals surface area contributed by atoms with Crippen molar-refractivity contribution in [2.45, 2.75) is 70.4 Å². The third kappa shape index (κ3) is 3.89. The van der Waals surface area contributed by atoms with Crippen LogP contribution < -0.4 is 5.32 Å². The van der Waals surface area contributed by atoms with Crippen molar-refractivity contribution in [1.82, 2.24) is 20.5 Å². The van der Waals surface area contributed by atoms with Gasteiger partial charge >= 0.3 is 0 Å². The fraction of sp³-hybridized carbons (Fsp3) is 0.750. The average Bonchev–Trinajstić information content (AvgIpc) is 2.96. The van der Waals surface area contributed by atoms with Gasteiger partial charge in [0.1, 0.15) is 11.4 Å². The molecule has 2 amide bonds. The van der Waals surface area contributed by atoms with Crippen molar-refractivity contribution in [2.24, 2.45) is 0 Å². The van der Waals surface area contributed by atoms with Gasteiger partial charge in [-0.2, -0.15) is 0 Å². The first-order valence-electron chi connectivity index (χ1n) is 8.50. The smallest absolute Gasteiger partial charge is 0.226 e. The van der Waals surface area contributed by atoms with E-state index < -0.39 is 0 Å². The van der Waals surface area contributed by atoms with Gasteiger partial charge in [0, 0.05) is 19.0 Å². The molecule has 1 atom stereocenters. The Morgan fingerprint density at radius 2 is 2.00 bits per heavy atom. The number of rotatable bonds is 4. The average molecular weight is 320 g/mol. The van der Waals surface area contributed by atoms with Crippen LogP contribution in [0, 0.1) is 6.92 Å². The molecule has 0 aromatic carbocycles. The van der Waals surface area contributed by atoms with E-state index in [0.29, 0.717) is 30.4 Å². The fourth-order valence-corrected chi connectivity index (χ4v) is 3.59. The lowest BCUT2D eigenvalue weighted by Gasteiger charge is -2.27. The second-order valence-electron chi connectivity index (χ2n) is 6.63. The largest absolute Gasteiger partial charge is 0.351 e. The summed E-state index contributed by atoms with van der Waals surface area (Å²) >= 11 is 0. The van der Waals surface area contributed by atoms with Crippen molar-refractivity contribution in [3.05, 3.63) is 11.4 Å². The Labute approximate surface area is 135 Å². The van der Waals surface area contributed by atoms with Gasteiger partial charge in [-0.15, -0.1) is 0 Å². The molecule has 1 aliphatic carbocycles. The second-order valence-corrected chi connectivity index (χ2v) is 6.63. The highest BCUT2D eigenvalue weighted by molar-refractivity contribution is 5.83. The lowest BCUT2D eigenvalue weighted by atomic mass is 10.1. The molecule has 1 saturated carbocycles. The second kappa shape index (κ2) is 7.10. The molecular formula is C16H24N4O3. The summed E-state index contributed by atoms with van der Waals surface area (Å²) in [5.74, 6) is 0.0331. The van der Waals surface area contributed by atoms with Crippen LogP contribution in [0.25, 0.3) is 0 Å². The molecule has 0 radical (unpaired) electrons. The first-order chi connectivity index (χ1) is 11.1. The molecule has 1 aromatic rings. The van der Waals surface area contributed by atoms with Crippen LogP contribution in [-0.2, 0) is 16.0 Å². The standard InChI is InChI=1S/C16H24N4O3/c1-11-14(19-23-18-11)9-15(21)17-12-8-16(22)20(10-12)13-6-4-2-3-5-7-13/h12-13H,2-10H2,1H3,(H,17,21)/t12-/m0/s1. The highest BCUT2D eigenvalue weighted by Crippen LogP contribution is 2.25. The van der Waals surface area contributed by atoms with E-state index in [4.69, 9.17) is 0 Å². The molecule has 2 aliphatic rings. The molecule has 1 N–H and O–H groups in total. The van der Waals surface area contributed by atoms with Crippen LogP contribution in [0.15, 0.2) is 4.63 Å². The number of carbonyl (C=O) groups is 2. The molecule has 2 heterocycles. The number of likely N-dealkylation sites (tertiary alicyclic amines) is 1. The van der Waals surface area contributed by atoms with Gasteiger partial charge in [-0.25, -0.2) is 4.63 Å². The predicted octanol–water partition coefficient (Wildman–Crippen LogP) is 1.36. The minimum atomic E-state index is -0.135. The van der Waals surface area contributed by atoms with Gasteiger partial charge in [0.15, 0.2) is 0 Å². The summed E-state index contributed by atoms with van der Waals surface area (Å²) in [5, 5.41) is 10.3. The van der Waals surface area contributed by atoms with Crippen molar-refractivity contribution in [1.29, 1.82) is 0 Å². The van der Waals surface area contributed by atoms with Crippen molar-refractivity contribution in [3.63, 3.8) is 0 Å². The van der Waals surface area contributed by atoms with Crippen LogP contribution in [-0.4, -0.2) is 45.7 Å². The first-order valence-corrected chi connectivity index (χ1v) is 8.50. The lowest BCUT2D eigenvalue weighted by molar-refractivity contribution is -0.129. The van der Waals surface area contributed by atoms with Crippen LogP contribution in [0.2, 0.25) is 0 Å². The Morgan fingerprint density at radius 1 is 1.26 bits per heavy atom. The number of nitrogens with one attached hydrogen (secondary N) is 1. The van der Waals surface area contributed by atoms with Crippen molar-refractivity contribution in [3.8, 4) is 0 Å². The van der Waals surface area contributed by atoms with Crippen molar-refractivity contribution in [2.75, 3.05) is 6.54 Å². The molecule has 1 aromatic heterocycles. The number of hydrogen-bond acceptors (Lipinski definition) is 5. The topological polar surface area (TPSA) is 88.3 Å². The van der Waals surface area contributed by atoms with E-state index in [1.807, 2.05) is 4.90 Å². The summed E-state index contributed by atoms with van der Waals surface area (Å²) in [6, 6.07) is 0.257. The van der Waals surface area contributed by atoms with Gasteiger partial charge in [0.25, 0.3) is 0 Å². The summed E-state index contributed by atoms with van der Waals surface area (Å²) in [5.41, 5.74) is 1.18. The molecule has 7 nitrogen and oxygen atoms in total. The van der Waals surface area contributed by atoms with Crippen LogP contribution in [0.4, 0.5) is 0 Å². The molecule has 1 aliphatic heterocycles. The molecule has 0 unspecified atom stereocenters. The number of hydrogen-bond donors (Lipinski definition) is 1. The van der Waals surface area contributed by atoms with Gasteiger partial charge in [-0.1, -0.05) is 36.0 Å². The molecule has 1 saturated heterocycles. The van der Waals surface area contributed by atoms with Gasteiger partial charge < -0.3 is 10.2 Å². The van der Waals surface area contributed by atoms with Gasteiger partial charge in [-0.05, 0) is 19.8 Å². The van der Waals surface area contributed by atoms with E-state index in [9.17, 15) is 9.59 Å². The van der Waals surface area contributed by atoms with Crippen LogP contribution >= 0.6 is 0 Å². The summed E-state index contributed by atoms with van der Waals surface area (Å²) in [6.45, 7) is 2.39. The summed E-state index contributed by atoms with van der Waals surface area (Å²) in [4.78, 5) is 26.4. The van der Waals surface area contributed by atoms with E-state index in [1.54, 1.807) is 6.92 Å². The number of aromatic nitrogens is 2. The monoisotopic (exact) mass is 320 g/mol. The zero-order valence-electron chi connectivity index (χ0n) is 13.6. The normalized spacial score (nSPS) is 23.1. The predicted molar refractivity (Wildman–Crippen MR) is 82.5 cm³/mol. The number of aryl methyl sites for hydroxylation is 1. The summed E-state index contributed by atoms with van der Waals surface area (Å²) in [7, 11) is 0. The Morgan fingerprint density at radius 3 is 2.65 bits per heavy atom.